The van der Waals surface area contributed by atoms with Crippen LogP contribution in [0.1, 0.15) is 30.4 Å². The van der Waals surface area contributed by atoms with Crippen molar-refractivity contribution in [1.82, 2.24) is 10.2 Å². The van der Waals surface area contributed by atoms with E-state index in [4.69, 9.17) is 9.47 Å². The second kappa shape index (κ2) is 11.4. The highest BCUT2D eigenvalue weighted by Gasteiger charge is 2.31. The van der Waals surface area contributed by atoms with E-state index in [0.717, 1.165) is 43.5 Å². The molecular formula is C24H30N2O4. The fourth-order valence-corrected chi connectivity index (χ4v) is 3.87. The summed E-state index contributed by atoms with van der Waals surface area (Å²) in [6, 6.07) is 19.4. The van der Waals surface area contributed by atoms with Crippen LogP contribution in [0.3, 0.4) is 0 Å². The first-order chi connectivity index (χ1) is 14.7. The summed E-state index contributed by atoms with van der Waals surface area (Å²) in [7, 11) is 1.43. The monoisotopic (exact) mass is 410 g/mol. The van der Waals surface area contributed by atoms with E-state index in [1.165, 1.54) is 7.11 Å². The van der Waals surface area contributed by atoms with Crippen LogP contribution in [0.4, 0.5) is 4.79 Å². The summed E-state index contributed by atoms with van der Waals surface area (Å²) in [6.45, 7) is 1.83. The molecule has 6 heteroatoms. The highest BCUT2D eigenvalue weighted by Crippen LogP contribution is 2.19. The summed E-state index contributed by atoms with van der Waals surface area (Å²) in [4.78, 5) is 26.6. The quantitative estimate of drug-likeness (QED) is 0.641. The van der Waals surface area contributed by atoms with Crippen LogP contribution in [0.25, 0.3) is 0 Å². The summed E-state index contributed by atoms with van der Waals surface area (Å²) in [5.41, 5.74) is 2.10. The molecule has 2 aromatic carbocycles. The molecular weight excluding hydrogens is 380 g/mol. The zero-order chi connectivity index (χ0) is 21.2. The number of benzene rings is 2. The third-order valence-electron chi connectivity index (χ3n) is 5.46. The van der Waals surface area contributed by atoms with Crippen molar-refractivity contribution in [3.05, 3.63) is 71.8 Å². The number of nitrogens with one attached hydrogen (secondary N) is 1. The number of hydrogen-bond donors (Lipinski definition) is 1. The number of rotatable bonds is 9. The number of nitrogens with zero attached hydrogens (tertiary/aromatic N) is 1. The summed E-state index contributed by atoms with van der Waals surface area (Å²) in [5.74, 6) is -0.178. The summed E-state index contributed by atoms with van der Waals surface area (Å²) < 4.78 is 10.3. The smallest absolute Gasteiger partial charge is 0.407 e. The third kappa shape index (κ3) is 6.59. The van der Waals surface area contributed by atoms with Gasteiger partial charge in [0.25, 0.3) is 0 Å². The predicted molar refractivity (Wildman–Crippen MR) is 115 cm³/mol. The molecule has 2 atom stereocenters. The highest BCUT2D eigenvalue weighted by molar-refractivity contribution is 5.76. The van der Waals surface area contributed by atoms with Gasteiger partial charge in [0, 0.05) is 12.6 Å². The van der Waals surface area contributed by atoms with Crippen LogP contribution in [0.2, 0.25) is 0 Å². The molecule has 0 saturated carbocycles. The minimum absolute atomic E-state index is 0.0884. The Hall–Kier alpha value is -2.86. The van der Waals surface area contributed by atoms with E-state index in [-0.39, 0.29) is 24.7 Å². The van der Waals surface area contributed by atoms with Crippen molar-refractivity contribution in [3.63, 3.8) is 0 Å². The Kier molecular flexibility index (Phi) is 8.27. The number of amides is 1. The summed E-state index contributed by atoms with van der Waals surface area (Å²) >= 11 is 0. The molecule has 1 aliphatic heterocycles. The number of carbonyl (C=O) groups excluding carboxylic acids is 2. The maximum Gasteiger partial charge on any atom is 0.407 e. The van der Waals surface area contributed by atoms with Crippen LogP contribution in [-0.4, -0.2) is 49.2 Å². The minimum atomic E-state index is -0.425. The van der Waals surface area contributed by atoms with Crippen molar-refractivity contribution in [1.29, 1.82) is 0 Å². The number of likely N-dealkylation sites (tertiary alicyclic amines) is 1. The molecule has 1 amide bonds. The Morgan fingerprint density at radius 3 is 2.40 bits per heavy atom. The lowest BCUT2D eigenvalue weighted by atomic mass is 10.0. The maximum absolute atomic E-state index is 12.4. The number of hydrogen-bond acceptors (Lipinski definition) is 5. The lowest BCUT2D eigenvalue weighted by Gasteiger charge is -2.25. The molecule has 3 rings (SSSR count). The Bertz CT molecular complexity index is 797. The number of ether oxygens (including phenoxy) is 2. The number of carbonyl (C=O) groups is 2. The van der Waals surface area contributed by atoms with E-state index in [0.29, 0.717) is 6.42 Å². The summed E-state index contributed by atoms with van der Waals surface area (Å²) in [5, 5.41) is 3.01. The molecule has 6 nitrogen and oxygen atoms in total. The van der Waals surface area contributed by atoms with Crippen LogP contribution in [-0.2, 0) is 27.3 Å². The van der Waals surface area contributed by atoms with Crippen LogP contribution >= 0.6 is 0 Å². The first-order valence-electron chi connectivity index (χ1n) is 10.5. The van der Waals surface area contributed by atoms with Crippen molar-refractivity contribution < 1.29 is 19.1 Å². The van der Waals surface area contributed by atoms with Gasteiger partial charge in [-0.15, -0.1) is 0 Å². The Morgan fingerprint density at radius 2 is 1.73 bits per heavy atom. The normalized spacial score (nSPS) is 17.3. The van der Waals surface area contributed by atoms with Crippen molar-refractivity contribution >= 4 is 12.1 Å². The van der Waals surface area contributed by atoms with Gasteiger partial charge in [-0.25, -0.2) is 4.79 Å². The lowest BCUT2D eigenvalue weighted by molar-refractivity contribution is -0.145. The van der Waals surface area contributed by atoms with Crippen LogP contribution < -0.4 is 5.32 Å². The van der Waals surface area contributed by atoms with E-state index >= 15 is 0 Å². The van der Waals surface area contributed by atoms with Crippen molar-refractivity contribution in [2.24, 2.45) is 0 Å². The van der Waals surface area contributed by atoms with Crippen LogP contribution in [0.15, 0.2) is 60.7 Å². The number of esters is 1. The molecule has 2 aromatic rings. The lowest BCUT2D eigenvalue weighted by Crippen LogP contribution is -2.42. The van der Waals surface area contributed by atoms with Gasteiger partial charge in [-0.2, -0.15) is 0 Å². The Morgan fingerprint density at radius 1 is 1.07 bits per heavy atom. The first-order valence-corrected chi connectivity index (χ1v) is 10.5. The molecule has 0 spiro atoms. The van der Waals surface area contributed by atoms with Crippen LogP contribution in [0, 0.1) is 0 Å². The number of methoxy groups -OCH3 is 1. The largest absolute Gasteiger partial charge is 0.468 e. The summed E-state index contributed by atoms with van der Waals surface area (Å²) in [6.07, 6.45) is 2.81. The van der Waals surface area contributed by atoms with Gasteiger partial charge in [0.05, 0.1) is 7.11 Å². The van der Waals surface area contributed by atoms with E-state index in [9.17, 15) is 9.59 Å². The molecule has 1 heterocycles. The van der Waals surface area contributed by atoms with Crippen molar-refractivity contribution in [2.45, 2.75) is 44.4 Å². The fraction of sp³-hybridized carbons (Fsp3) is 0.417. The van der Waals surface area contributed by atoms with Gasteiger partial charge >= 0.3 is 12.1 Å². The van der Waals surface area contributed by atoms with Gasteiger partial charge in [-0.05, 0) is 43.4 Å². The fourth-order valence-electron chi connectivity index (χ4n) is 3.87. The second-order valence-corrected chi connectivity index (χ2v) is 7.60. The molecule has 0 aromatic heterocycles. The van der Waals surface area contributed by atoms with E-state index < -0.39 is 6.09 Å². The van der Waals surface area contributed by atoms with Gasteiger partial charge in [-0.1, -0.05) is 60.7 Å². The zero-order valence-corrected chi connectivity index (χ0v) is 17.5. The molecule has 0 aliphatic carbocycles. The zero-order valence-electron chi connectivity index (χ0n) is 17.5. The van der Waals surface area contributed by atoms with Gasteiger partial charge in [-0.3, -0.25) is 9.69 Å². The SMILES string of the molecule is COC(=O)C1CCCN1CC[C@@H](Cc1ccccc1)NC(=O)OCc1ccccc1. The van der Waals surface area contributed by atoms with E-state index in [1.54, 1.807) is 0 Å². The van der Waals surface area contributed by atoms with E-state index in [1.807, 2.05) is 48.5 Å². The van der Waals surface area contributed by atoms with Gasteiger partial charge in [0.1, 0.15) is 12.6 Å². The topological polar surface area (TPSA) is 67.9 Å². The van der Waals surface area contributed by atoms with E-state index in [2.05, 4.69) is 22.3 Å². The molecule has 30 heavy (non-hydrogen) atoms. The third-order valence-corrected chi connectivity index (χ3v) is 5.46. The Labute approximate surface area is 178 Å². The first kappa shape index (κ1) is 21.8. The highest BCUT2D eigenvalue weighted by atomic mass is 16.5. The molecule has 1 unspecified atom stereocenters. The molecule has 160 valence electrons. The van der Waals surface area contributed by atoms with Gasteiger partial charge in [0.2, 0.25) is 0 Å². The average molecular weight is 411 g/mol. The molecule has 1 saturated heterocycles. The Balaban J connectivity index is 1.57. The van der Waals surface area contributed by atoms with Crippen molar-refractivity contribution in [3.8, 4) is 0 Å². The molecule has 1 aliphatic rings. The van der Waals surface area contributed by atoms with Gasteiger partial charge < -0.3 is 14.8 Å². The second-order valence-electron chi connectivity index (χ2n) is 7.60. The van der Waals surface area contributed by atoms with Crippen LogP contribution in [0.5, 0.6) is 0 Å². The molecule has 1 N–H and O–H groups in total. The minimum Gasteiger partial charge on any atom is -0.468 e. The molecule has 0 bridgehead atoms. The number of alkyl carbamates (subject to hydrolysis) is 1. The molecule has 1 fully saturated rings. The maximum atomic E-state index is 12.4. The predicted octanol–water partition coefficient (Wildman–Crippen LogP) is 3.55. The van der Waals surface area contributed by atoms with Crippen molar-refractivity contribution in [2.75, 3.05) is 20.2 Å². The molecule has 0 radical (unpaired) electrons. The standard InChI is InChI=1S/C24H30N2O4/c1-29-23(27)22-13-8-15-26(22)16-14-21(17-19-9-4-2-5-10-19)25-24(28)30-18-20-11-6-3-7-12-20/h2-7,9-12,21-22H,8,13-18H2,1H3,(H,25,28)/t21-,22?/m0/s1. The van der Waals surface area contributed by atoms with Gasteiger partial charge in [0.15, 0.2) is 0 Å². The average Bonchev–Trinajstić information content (AvgIpc) is 3.25.